The van der Waals surface area contributed by atoms with E-state index in [9.17, 15) is 0 Å². The Labute approximate surface area is 229 Å². The second-order valence-electron chi connectivity index (χ2n) is 10.6. The Bertz CT molecular complexity index is 1820. The summed E-state index contributed by atoms with van der Waals surface area (Å²) < 4.78 is 0. The Hall–Kier alpha value is -4.88. The molecule has 184 valence electrons. The zero-order valence-electron chi connectivity index (χ0n) is 21.5. The molecule has 0 radical (unpaired) electrons. The molecule has 8 rings (SSSR count). The van der Waals surface area contributed by atoms with Crippen LogP contribution in [0.25, 0.3) is 22.3 Å². The van der Waals surface area contributed by atoms with Crippen molar-refractivity contribution < 1.29 is 0 Å². The largest absolute Gasteiger partial charge is 0.355 e. The van der Waals surface area contributed by atoms with Crippen LogP contribution in [0.1, 0.15) is 28.2 Å². The van der Waals surface area contributed by atoms with Gasteiger partial charge in [-0.15, -0.1) is 0 Å². The number of anilines is 2. The topological polar surface area (TPSA) is 12.0 Å². The van der Waals surface area contributed by atoms with Gasteiger partial charge in [-0.2, -0.15) is 0 Å². The van der Waals surface area contributed by atoms with Gasteiger partial charge in [-0.1, -0.05) is 134 Å². The van der Waals surface area contributed by atoms with Gasteiger partial charge in [-0.3, -0.25) is 0 Å². The van der Waals surface area contributed by atoms with Crippen molar-refractivity contribution >= 4 is 11.4 Å². The van der Waals surface area contributed by atoms with Gasteiger partial charge in [0.15, 0.2) is 0 Å². The summed E-state index contributed by atoms with van der Waals surface area (Å²) in [6.07, 6.45) is 11.5. The predicted octanol–water partition coefficient (Wildman–Crippen LogP) is 9.56. The Balaban J connectivity index is 1.31. The van der Waals surface area contributed by atoms with E-state index in [0.29, 0.717) is 0 Å². The van der Waals surface area contributed by atoms with Crippen LogP contribution in [0.15, 0.2) is 157 Å². The summed E-state index contributed by atoms with van der Waals surface area (Å²) in [5, 5.41) is 3.79. The molecule has 5 aromatic carbocycles. The fourth-order valence-corrected chi connectivity index (χ4v) is 6.94. The average molecular weight is 498 g/mol. The molecule has 1 nitrogen and oxygen atoms in total. The van der Waals surface area contributed by atoms with Crippen molar-refractivity contribution in [2.75, 3.05) is 5.32 Å². The maximum Gasteiger partial charge on any atom is 0.0714 e. The van der Waals surface area contributed by atoms with E-state index in [4.69, 9.17) is 0 Å². The number of hydrogen-bond acceptors (Lipinski definition) is 1. The van der Waals surface area contributed by atoms with Gasteiger partial charge in [-0.05, 0) is 62.7 Å². The van der Waals surface area contributed by atoms with Crippen LogP contribution < -0.4 is 5.32 Å². The van der Waals surface area contributed by atoms with E-state index < -0.39 is 0 Å². The van der Waals surface area contributed by atoms with Crippen LogP contribution >= 0.6 is 0 Å². The summed E-state index contributed by atoms with van der Waals surface area (Å²) >= 11 is 0. The van der Waals surface area contributed by atoms with Crippen molar-refractivity contribution in [3.63, 3.8) is 0 Å². The quantitative estimate of drug-likeness (QED) is 0.262. The van der Waals surface area contributed by atoms with Gasteiger partial charge < -0.3 is 5.32 Å². The third-order valence-electron chi connectivity index (χ3n) is 8.56. The van der Waals surface area contributed by atoms with Gasteiger partial charge in [0.05, 0.1) is 5.41 Å². The van der Waals surface area contributed by atoms with Crippen LogP contribution in [0.4, 0.5) is 11.4 Å². The summed E-state index contributed by atoms with van der Waals surface area (Å²) in [6, 6.07) is 44.1. The van der Waals surface area contributed by atoms with E-state index in [0.717, 1.165) is 11.4 Å². The van der Waals surface area contributed by atoms with Gasteiger partial charge in [0.1, 0.15) is 0 Å². The summed E-state index contributed by atoms with van der Waals surface area (Å²) in [7, 11) is 0. The molecule has 2 unspecified atom stereocenters. The number of benzene rings is 5. The molecule has 1 spiro atoms. The number of hydrogen-bond donors (Lipinski definition) is 1. The van der Waals surface area contributed by atoms with Gasteiger partial charge in [0.25, 0.3) is 0 Å². The summed E-state index contributed by atoms with van der Waals surface area (Å²) in [6.45, 7) is 0. The maximum atomic E-state index is 3.79. The molecule has 0 aromatic heterocycles. The zero-order chi connectivity index (χ0) is 25.8. The third kappa shape index (κ3) is 3.20. The first-order valence-electron chi connectivity index (χ1n) is 13.7. The van der Waals surface area contributed by atoms with E-state index in [1.165, 1.54) is 50.1 Å². The van der Waals surface area contributed by atoms with Crippen LogP contribution in [0.3, 0.4) is 0 Å². The molecule has 0 saturated carbocycles. The molecule has 2 bridgehead atoms. The van der Waals surface area contributed by atoms with Gasteiger partial charge in [0, 0.05) is 22.9 Å². The molecule has 3 aliphatic carbocycles. The van der Waals surface area contributed by atoms with Gasteiger partial charge in [0.2, 0.25) is 0 Å². The SMILES string of the molecule is C1=CC2=CC(C=C1)c1ccccc1C21c2ccccc2-c2c(Nc3ccc(-c4ccccc4)cc3)cccc21. The fourth-order valence-electron chi connectivity index (χ4n) is 6.94. The van der Waals surface area contributed by atoms with E-state index in [1.54, 1.807) is 0 Å². The lowest BCUT2D eigenvalue weighted by Gasteiger charge is -2.40. The summed E-state index contributed by atoms with van der Waals surface area (Å²) in [4.78, 5) is 0. The second kappa shape index (κ2) is 8.58. The minimum Gasteiger partial charge on any atom is -0.355 e. The van der Waals surface area contributed by atoms with Crippen LogP contribution in [0, 0.1) is 0 Å². The Morgan fingerprint density at radius 3 is 2.15 bits per heavy atom. The highest BCUT2D eigenvalue weighted by Crippen LogP contribution is 2.61. The van der Waals surface area contributed by atoms with E-state index in [1.807, 2.05) is 0 Å². The first kappa shape index (κ1) is 22.1. The highest BCUT2D eigenvalue weighted by atomic mass is 14.9. The van der Waals surface area contributed by atoms with Crippen molar-refractivity contribution in [1.82, 2.24) is 0 Å². The van der Waals surface area contributed by atoms with E-state index in [-0.39, 0.29) is 11.3 Å². The summed E-state index contributed by atoms with van der Waals surface area (Å²) in [5.74, 6) is 0.289. The van der Waals surface area contributed by atoms with E-state index >= 15 is 0 Å². The molecule has 0 fully saturated rings. The normalized spacial score (nSPS) is 19.6. The second-order valence-corrected chi connectivity index (χ2v) is 10.6. The Morgan fingerprint density at radius 2 is 1.28 bits per heavy atom. The first-order valence-corrected chi connectivity index (χ1v) is 13.7. The number of rotatable bonds is 3. The van der Waals surface area contributed by atoms with Crippen molar-refractivity contribution in [2.24, 2.45) is 0 Å². The van der Waals surface area contributed by atoms with Crippen LogP contribution in [0.2, 0.25) is 0 Å². The molecule has 0 heterocycles. The molecule has 39 heavy (non-hydrogen) atoms. The standard InChI is InChI=1S/C38H27N/c1-2-11-26(12-3-1)27-21-23-30(24-22-27)39-36-20-10-19-35-37(36)32-16-7-9-18-34(32)38(35)29-14-5-4-13-28(25-29)31-15-6-8-17-33(31)38/h1-25,28,39H. The maximum absolute atomic E-state index is 3.79. The summed E-state index contributed by atoms with van der Waals surface area (Å²) in [5.41, 5.74) is 13.8. The van der Waals surface area contributed by atoms with Gasteiger partial charge >= 0.3 is 0 Å². The third-order valence-corrected chi connectivity index (χ3v) is 8.56. The molecule has 0 aliphatic heterocycles. The van der Waals surface area contributed by atoms with Gasteiger partial charge in [-0.25, -0.2) is 0 Å². The Kier molecular flexibility index (Phi) is 4.87. The highest BCUT2D eigenvalue weighted by molar-refractivity contribution is 5.95. The molecule has 0 amide bonds. The number of nitrogens with one attached hydrogen (secondary N) is 1. The van der Waals surface area contributed by atoms with Crippen molar-refractivity contribution in [2.45, 2.75) is 11.3 Å². The minimum atomic E-state index is -0.337. The lowest BCUT2D eigenvalue weighted by Crippen LogP contribution is -2.33. The van der Waals surface area contributed by atoms with Crippen LogP contribution in [-0.2, 0) is 5.41 Å². The molecule has 3 aliphatic rings. The van der Waals surface area contributed by atoms with Crippen molar-refractivity contribution in [1.29, 1.82) is 0 Å². The lowest BCUT2D eigenvalue weighted by molar-refractivity contribution is 0.721. The molecule has 5 aromatic rings. The molecular formula is C38H27N. The minimum absolute atomic E-state index is 0.289. The Morgan fingerprint density at radius 1 is 0.564 bits per heavy atom. The molecular weight excluding hydrogens is 470 g/mol. The zero-order valence-corrected chi connectivity index (χ0v) is 21.5. The van der Waals surface area contributed by atoms with Crippen LogP contribution in [-0.4, -0.2) is 0 Å². The molecule has 1 heteroatoms. The predicted molar refractivity (Wildman–Crippen MR) is 162 cm³/mol. The van der Waals surface area contributed by atoms with E-state index in [2.05, 4.69) is 157 Å². The fraction of sp³-hybridized carbons (Fsp3) is 0.0526. The van der Waals surface area contributed by atoms with Crippen molar-refractivity contribution in [3.8, 4) is 22.3 Å². The molecule has 1 N–H and O–H groups in total. The number of fused-ring (bicyclic) bond motifs is 10. The smallest absolute Gasteiger partial charge is 0.0714 e. The number of allylic oxidation sites excluding steroid dienone is 6. The molecule has 0 saturated heterocycles. The average Bonchev–Trinajstić information content (AvgIpc) is 3.12. The van der Waals surface area contributed by atoms with Crippen LogP contribution in [0.5, 0.6) is 0 Å². The highest BCUT2D eigenvalue weighted by Gasteiger charge is 2.50. The lowest BCUT2D eigenvalue weighted by atomic mass is 9.61. The monoisotopic (exact) mass is 497 g/mol. The van der Waals surface area contributed by atoms with Crippen molar-refractivity contribution in [3.05, 3.63) is 180 Å². The molecule has 2 atom stereocenters. The first-order chi connectivity index (χ1) is 19.3.